The Balaban J connectivity index is 2.18. The molecule has 100 valence electrons. The van der Waals surface area contributed by atoms with Crippen molar-refractivity contribution in [3.63, 3.8) is 0 Å². The molecule has 0 unspecified atom stereocenters. The molecule has 0 saturated heterocycles. The van der Waals surface area contributed by atoms with Crippen LogP contribution in [0.2, 0.25) is 0 Å². The van der Waals surface area contributed by atoms with Crippen molar-refractivity contribution in [2.75, 3.05) is 5.32 Å². The molecule has 1 aromatic carbocycles. The minimum atomic E-state index is -0.569. The fourth-order valence-electron chi connectivity index (χ4n) is 1.55. The van der Waals surface area contributed by atoms with Gasteiger partial charge in [0.25, 0.3) is 5.91 Å². The largest absolute Gasteiger partial charge is 0.305 e. The molecular weight excluding hydrogens is 313 g/mol. The van der Waals surface area contributed by atoms with Gasteiger partial charge < -0.3 is 5.32 Å². The third-order valence-corrected chi connectivity index (χ3v) is 3.13. The fraction of sp³-hybridized carbons (Fsp3) is 0.231. The number of nitrogens with zero attached hydrogens (tertiary/aromatic N) is 1. The molecule has 0 aliphatic carbocycles. The Morgan fingerprint density at radius 1 is 1.42 bits per heavy atom. The summed E-state index contributed by atoms with van der Waals surface area (Å²) < 4.78 is 14.2. The normalized spacial score (nSPS) is 10.8. The number of amides is 1. The Kier molecular flexibility index (Phi) is 3.99. The number of benzene rings is 1. The molecule has 2 aromatic rings. The number of aromatic amines is 1. The zero-order chi connectivity index (χ0) is 14.0. The number of carbonyl (C=O) groups is 1. The first-order chi connectivity index (χ1) is 8.97. The van der Waals surface area contributed by atoms with E-state index in [2.05, 4.69) is 31.4 Å². The van der Waals surface area contributed by atoms with Gasteiger partial charge in [0, 0.05) is 16.2 Å². The van der Waals surface area contributed by atoms with Crippen LogP contribution < -0.4 is 5.32 Å². The topological polar surface area (TPSA) is 57.8 Å². The van der Waals surface area contributed by atoms with Gasteiger partial charge in [0.05, 0.1) is 5.56 Å². The summed E-state index contributed by atoms with van der Waals surface area (Å²) in [7, 11) is 0. The summed E-state index contributed by atoms with van der Waals surface area (Å²) in [4.78, 5) is 11.9. The van der Waals surface area contributed by atoms with Crippen LogP contribution in [0.1, 0.15) is 35.8 Å². The van der Waals surface area contributed by atoms with E-state index in [9.17, 15) is 9.18 Å². The number of carbonyl (C=O) groups excluding carboxylic acids is 1. The monoisotopic (exact) mass is 325 g/mol. The van der Waals surface area contributed by atoms with E-state index >= 15 is 0 Å². The zero-order valence-corrected chi connectivity index (χ0v) is 12.1. The SMILES string of the molecule is CC(C)c1cc(NC(=O)c2cc(Br)ccc2F)n[nH]1. The Morgan fingerprint density at radius 3 is 2.79 bits per heavy atom. The van der Waals surface area contributed by atoms with Crippen LogP contribution in [-0.4, -0.2) is 16.1 Å². The molecule has 1 heterocycles. The lowest BCUT2D eigenvalue weighted by Crippen LogP contribution is -2.14. The first-order valence-electron chi connectivity index (χ1n) is 5.79. The van der Waals surface area contributed by atoms with E-state index in [1.54, 1.807) is 6.07 Å². The standard InChI is InChI=1S/C13H13BrFN3O/c1-7(2)11-6-12(18-17-11)16-13(19)9-5-8(14)3-4-10(9)15/h3-7H,1-2H3,(H2,16,17,18,19). The molecule has 6 heteroatoms. The maximum atomic E-state index is 13.5. The van der Waals surface area contributed by atoms with Crippen LogP contribution in [0, 0.1) is 5.82 Å². The first kappa shape index (κ1) is 13.7. The number of hydrogen-bond acceptors (Lipinski definition) is 2. The van der Waals surface area contributed by atoms with Gasteiger partial charge in [0.2, 0.25) is 0 Å². The van der Waals surface area contributed by atoms with E-state index in [-0.39, 0.29) is 11.5 Å². The molecule has 0 saturated carbocycles. The smallest absolute Gasteiger partial charge is 0.259 e. The Labute approximate surface area is 118 Å². The summed E-state index contributed by atoms with van der Waals surface area (Å²) in [6.45, 7) is 4.01. The lowest BCUT2D eigenvalue weighted by molar-refractivity contribution is 0.102. The minimum Gasteiger partial charge on any atom is -0.305 e. The maximum Gasteiger partial charge on any atom is 0.259 e. The van der Waals surface area contributed by atoms with Crippen molar-refractivity contribution in [3.05, 3.63) is 45.8 Å². The van der Waals surface area contributed by atoms with Crippen LogP contribution in [0.5, 0.6) is 0 Å². The number of anilines is 1. The van der Waals surface area contributed by atoms with Crippen LogP contribution in [0.25, 0.3) is 0 Å². The summed E-state index contributed by atoms with van der Waals surface area (Å²) in [5.41, 5.74) is 0.883. The molecule has 1 aromatic heterocycles. The summed E-state index contributed by atoms with van der Waals surface area (Å²) in [5.74, 6) is -0.435. The molecule has 1 amide bonds. The number of nitrogens with one attached hydrogen (secondary N) is 2. The number of rotatable bonds is 3. The van der Waals surface area contributed by atoms with Crippen molar-refractivity contribution in [2.45, 2.75) is 19.8 Å². The number of hydrogen-bond donors (Lipinski definition) is 2. The van der Waals surface area contributed by atoms with Gasteiger partial charge in [-0.3, -0.25) is 9.89 Å². The predicted octanol–water partition coefficient (Wildman–Crippen LogP) is 3.69. The third-order valence-electron chi connectivity index (χ3n) is 2.63. The Bertz CT molecular complexity index is 610. The van der Waals surface area contributed by atoms with Crippen molar-refractivity contribution in [1.29, 1.82) is 0 Å². The van der Waals surface area contributed by atoms with Crippen LogP contribution in [0.4, 0.5) is 10.2 Å². The fourth-order valence-corrected chi connectivity index (χ4v) is 1.91. The highest BCUT2D eigenvalue weighted by Crippen LogP contribution is 2.18. The maximum absolute atomic E-state index is 13.5. The second-order valence-electron chi connectivity index (χ2n) is 4.44. The molecule has 0 aliphatic heterocycles. The van der Waals surface area contributed by atoms with Gasteiger partial charge in [-0.2, -0.15) is 5.10 Å². The molecule has 0 spiro atoms. The molecule has 4 nitrogen and oxygen atoms in total. The van der Waals surface area contributed by atoms with Crippen LogP contribution >= 0.6 is 15.9 Å². The third kappa shape index (κ3) is 3.20. The molecule has 19 heavy (non-hydrogen) atoms. The van der Waals surface area contributed by atoms with E-state index in [1.165, 1.54) is 18.2 Å². The van der Waals surface area contributed by atoms with Gasteiger partial charge in [-0.1, -0.05) is 29.8 Å². The second kappa shape index (κ2) is 5.52. The van der Waals surface area contributed by atoms with E-state index in [0.717, 1.165) is 5.69 Å². The van der Waals surface area contributed by atoms with Gasteiger partial charge in [0.15, 0.2) is 5.82 Å². The zero-order valence-electron chi connectivity index (χ0n) is 10.5. The molecule has 0 fully saturated rings. The summed E-state index contributed by atoms with van der Waals surface area (Å²) in [6, 6.07) is 5.94. The van der Waals surface area contributed by atoms with Crippen LogP contribution in [0.3, 0.4) is 0 Å². The first-order valence-corrected chi connectivity index (χ1v) is 6.58. The highest BCUT2D eigenvalue weighted by molar-refractivity contribution is 9.10. The van der Waals surface area contributed by atoms with Crippen molar-refractivity contribution in [3.8, 4) is 0 Å². The Morgan fingerprint density at radius 2 is 2.16 bits per heavy atom. The summed E-state index contributed by atoms with van der Waals surface area (Å²) >= 11 is 3.20. The molecule has 2 N–H and O–H groups in total. The molecule has 0 bridgehead atoms. The van der Waals surface area contributed by atoms with Crippen LogP contribution in [-0.2, 0) is 0 Å². The quantitative estimate of drug-likeness (QED) is 0.904. The number of halogens is 2. The lowest BCUT2D eigenvalue weighted by Gasteiger charge is -2.03. The summed E-state index contributed by atoms with van der Waals surface area (Å²) in [5, 5.41) is 9.34. The highest BCUT2D eigenvalue weighted by Gasteiger charge is 2.14. The van der Waals surface area contributed by atoms with E-state index in [0.29, 0.717) is 10.3 Å². The van der Waals surface area contributed by atoms with Crippen LogP contribution in [0.15, 0.2) is 28.7 Å². The van der Waals surface area contributed by atoms with Crippen molar-refractivity contribution in [1.82, 2.24) is 10.2 Å². The van der Waals surface area contributed by atoms with E-state index in [1.807, 2.05) is 13.8 Å². The van der Waals surface area contributed by atoms with Gasteiger partial charge in [0.1, 0.15) is 5.82 Å². The Hall–Kier alpha value is -1.69. The van der Waals surface area contributed by atoms with Crippen molar-refractivity contribution in [2.24, 2.45) is 0 Å². The van der Waals surface area contributed by atoms with Crippen molar-refractivity contribution >= 4 is 27.7 Å². The van der Waals surface area contributed by atoms with Crippen molar-refractivity contribution < 1.29 is 9.18 Å². The van der Waals surface area contributed by atoms with E-state index in [4.69, 9.17) is 0 Å². The minimum absolute atomic E-state index is 0.0246. The molecule has 0 aliphatic rings. The highest BCUT2D eigenvalue weighted by atomic mass is 79.9. The number of H-pyrrole nitrogens is 1. The van der Waals surface area contributed by atoms with Gasteiger partial charge in [-0.05, 0) is 24.1 Å². The lowest BCUT2D eigenvalue weighted by atomic mass is 10.1. The predicted molar refractivity (Wildman–Crippen MR) is 74.7 cm³/mol. The van der Waals surface area contributed by atoms with Gasteiger partial charge in [-0.15, -0.1) is 0 Å². The second-order valence-corrected chi connectivity index (χ2v) is 5.36. The molecule has 0 atom stereocenters. The molecule has 0 radical (unpaired) electrons. The molecule has 2 rings (SSSR count). The average molecular weight is 326 g/mol. The summed E-state index contributed by atoms with van der Waals surface area (Å²) in [6.07, 6.45) is 0. The van der Waals surface area contributed by atoms with E-state index < -0.39 is 11.7 Å². The molecular formula is C13H13BrFN3O. The van der Waals surface area contributed by atoms with Gasteiger partial charge >= 0.3 is 0 Å². The number of aromatic nitrogens is 2. The average Bonchev–Trinajstić information content (AvgIpc) is 2.80. The van der Waals surface area contributed by atoms with Gasteiger partial charge in [-0.25, -0.2) is 4.39 Å².